The molecule has 1 saturated carbocycles. The molecule has 2 N–H and O–H groups in total. The Balaban J connectivity index is 2.04. The third-order valence-corrected chi connectivity index (χ3v) is 4.14. The summed E-state index contributed by atoms with van der Waals surface area (Å²) in [6, 6.07) is 8.48. The summed E-state index contributed by atoms with van der Waals surface area (Å²) in [5.41, 5.74) is 8.39. The Kier molecular flexibility index (Phi) is 4.59. The topological polar surface area (TPSA) is 46.3 Å². The van der Waals surface area contributed by atoms with Crippen molar-refractivity contribution in [2.45, 2.75) is 45.7 Å². The van der Waals surface area contributed by atoms with Gasteiger partial charge in [0.25, 0.3) is 0 Å². The van der Waals surface area contributed by atoms with E-state index in [2.05, 4.69) is 19.1 Å². The first-order chi connectivity index (χ1) is 9.11. The number of carbonyl (C=O) groups excluding carboxylic acids is 1. The highest BCUT2D eigenvalue weighted by Gasteiger charge is 2.30. The standard InChI is InChI=1S/C16H24N2O/c1-3-18(11-14-7-5-4-6-12(14)2)16(19)13-8-9-15(17)10-13/h4-7,13,15H,3,8-11,17H2,1-2H3/t13-,15+/m0/s1. The molecule has 1 fully saturated rings. The molecule has 0 heterocycles. The molecule has 1 aromatic rings. The second-order valence-corrected chi connectivity index (χ2v) is 5.55. The van der Waals surface area contributed by atoms with Crippen molar-refractivity contribution in [1.29, 1.82) is 0 Å². The molecule has 3 heteroatoms. The first-order valence-corrected chi connectivity index (χ1v) is 7.20. The summed E-state index contributed by atoms with van der Waals surface area (Å²) in [5, 5.41) is 0. The molecular weight excluding hydrogens is 236 g/mol. The number of rotatable bonds is 4. The predicted molar refractivity (Wildman–Crippen MR) is 77.6 cm³/mol. The highest BCUT2D eigenvalue weighted by Crippen LogP contribution is 2.26. The van der Waals surface area contributed by atoms with Crippen LogP contribution >= 0.6 is 0 Å². The third kappa shape index (κ3) is 3.35. The van der Waals surface area contributed by atoms with Crippen molar-refractivity contribution in [3.8, 4) is 0 Å². The van der Waals surface area contributed by atoms with E-state index >= 15 is 0 Å². The number of nitrogens with zero attached hydrogens (tertiary/aromatic N) is 1. The van der Waals surface area contributed by atoms with E-state index in [0.717, 1.165) is 25.8 Å². The molecule has 1 aliphatic rings. The zero-order chi connectivity index (χ0) is 13.8. The molecule has 1 aromatic carbocycles. The Hall–Kier alpha value is -1.35. The minimum atomic E-state index is 0.138. The summed E-state index contributed by atoms with van der Waals surface area (Å²) in [7, 11) is 0. The lowest BCUT2D eigenvalue weighted by Crippen LogP contribution is -2.35. The van der Waals surface area contributed by atoms with Crippen molar-refractivity contribution in [3.63, 3.8) is 0 Å². The first-order valence-electron chi connectivity index (χ1n) is 7.20. The third-order valence-electron chi connectivity index (χ3n) is 4.14. The molecule has 1 amide bonds. The van der Waals surface area contributed by atoms with E-state index in [0.29, 0.717) is 6.54 Å². The molecular formula is C16H24N2O. The van der Waals surface area contributed by atoms with Crippen LogP contribution in [0.25, 0.3) is 0 Å². The van der Waals surface area contributed by atoms with Crippen LogP contribution in [0.4, 0.5) is 0 Å². The second kappa shape index (κ2) is 6.20. The van der Waals surface area contributed by atoms with Crippen LogP contribution in [0.2, 0.25) is 0 Å². The second-order valence-electron chi connectivity index (χ2n) is 5.55. The quantitative estimate of drug-likeness (QED) is 0.904. The number of carbonyl (C=O) groups is 1. The van der Waals surface area contributed by atoms with Crippen LogP contribution in [0.5, 0.6) is 0 Å². The van der Waals surface area contributed by atoms with E-state index in [4.69, 9.17) is 5.73 Å². The van der Waals surface area contributed by atoms with Gasteiger partial charge in [0.1, 0.15) is 0 Å². The van der Waals surface area contributed by atoms with Gasteiger partial charge in [-0.2, -0.15) is 0 Å². The molecule has 0 aliphatic heterocycles. The molecule has 0 spiro atoms. The highest BCUT2D eigenvalue weighted by molar-refractivity contribution is 5.79. The maximum absolute atomic E-state index is 12.5. The monoisotopic (exact) mass is 260 g/mol. The lowest BCUT2D eigenvalue weighted by atomic mass is 10.0. The number of hydrogen-bond donors (Lipinski definition) is 1. The van der Waals surface area contributed by atoms with Gasteiger partial charge < -0.3 is 10.6 Å². The summed E-state index contributed by atoms with van der Waals surface area (Å²) in [6.45, 7) is 5.62. The van der Waals surface area contributed by atoms with Crippen molar-refractivity contribution in [1.82, 2.24) is 4.90 Å². The summed E-state index contributed by atoms with van der Waals surface area (Å²) < 4.78 is 0. The fourth-order valence-electron chi connectivity index (χ4n) is 2.84. The van der Waals surface area contributed by atoms with Gasteiger partial charge in [0.2, 0.25) is 5.91 Å². The summed E-state index contributed by atoms with van der Waals surface area (Å²) >= 11 is 0. The van der Waals surface area contributed by atoms with Crippen LogP contribution in [-0.2, 0) is 11.3 Å². The Labute approximate surface area is 115 Å². The van der Waals surface area contributed by atoms with Gasteiger partial charge in [-0.05, 0) is 44.2 Å². The number of aryl methyl sites for hydroxylation is 1. The molecule has 0 radical (unpaired) electrons. The smallest absolute Gasteiger partial charge is 0.226 e. The van der Waals surface area contributed by atoms with Crippen LogP contribution < -0.4 is 5.73 Å². The van der Waals surface area contributed by atoms with Gasteiger partial charge in [-0.25, -0.2) is 0 Å². The summed E-state index contributed by atoms with van der Waals surface area (Å²) in [5.74, 6) is 0.415. The molecule has 0 bridgehead atoms. The van der Waals surface area contributed by atoms with Crippen molar-refractivity contribution in [2.24, 2.45) is 11.7 Å². The van der Waals surface area contributed by atoms with Gasteiger partial charge in [-0.15, -0.1) is 0 Å². The fourth-order valence-corrected chi connectivity index (χ4v) is 2.84. The first kappa shape index (κ1) is 14.1. The van der Waals surface area contributed by atoms with Crippen LogP contribution in [-0.4, -0.2) is 23.4 Å². The van der Waals surface area contributed by atoms with Crippen molar-refractivity contribution >= 4 is 5.91 Å². The highest BCUT2D eigenvalue weighted by atomic mass is 16.2. The number of hydrogen-bond acceptors (Lipinski definition) is 2. The minimum absolute atomic E-state index is 0.138. The lowest BCUT2D eigenvalue weighted by molar-refractivity contribution is -0.135. The maximum atomic E-state index is 12.5. The average molecular weight is 260 g/mol. The van der Waals surface area contributed by atoms with E-state index in [1.165, 1.54) is 11.1 Å². The fraction of sp³-hybridized carbons (Fsp3) is 0.562. The van der Waals surface area contributed by atoms with E-state index in [1.54, 1.807) is 0 Å². The summed E-state index contributed by atoms with van der Waals surface area (Å²) in [4.78, 5) is 14.5. The van der Waals surface area contributed by atoms with Crippen molar-refractivity contribution in [3.05, 3.63) is 35.4 Å². The normalized spacial score (nSPS) is 22.5. The predicted octanol–water partition coefficient (Wildman–Crippen LogP) is 2.47. The molecule has 2 atom stereocenters. The van der Waals surface area contributed by atoms with Crippen molar-refractivity contribution in [2.75, 3.05) is 6.54 Å². The number of benzene rings is 1. The molecule has 3 nitrogen and oxygen atoms in total. The number of nitrogens with two attached hydrogens (primary N) is 1. The van der Waals surface area contributed by atoms with Crippen LogP contribution in [0.3, 0.4) is 0 Å². The zero-order valence-corrected chi connectivity index (χ0v) is 11.9. The van der Waals surface area contributed by atoms with Crippen LogP contribution in [0.15, 0.2) is 24.3 Å². The van der Waals surface area contributed by atoms with E-state index in [9.17, 15) is 4.79 Å². The Morgan fingerprint density at radius 1 is 1.37 bits per heavy atom. The molecule has 0 saturated heterocycles. The molecule has 104 valence electrons. The van der Waals surface area contributed by atoms with Gasteiger partial charge >= 0.3 is 0 Å². The molecule has 1 aliphatic carbocycles. The SMILES string of the molecule is CCN(Cc1ccccc1C)C(=O)[C@H]1CC[C@@H](N)C1. The number of amides is 1. The van der Waals surface area contributed by atoms with Crippen LogP contribution in [0, 0.1) is 12.8 Å². The Morgan fingerprint density at radius 3 is 2.68 bits per heavy atom. The molecule has 2 rings (SSSR count). The van der Waals surface area contributed by atoms with E-state index < -0.39 is 0 Å². The average Bonchev–Trinajstić information content (AvgIpc) is 2.84. The zero-order valence-electron chi connectivity index (χ0n) is 11.9. The van der Waals surface area contributed by atoms with Gasteiger partial charge in [0.05, 0.1) is 0 Å². The van der Waals surface area contributed by atoms with Crippen molar-refractivity contribution < 1.29 is 4.79 Å². The minimum Gasteiger partial charge on any atom is -0.338 e. The molecule has 0 unspecified atom stereocenters. The maximum Gasteiger partial charge on any atom is 0.226 e. The van der Waals surface area contributed by atoms with Gasteiger partial charge in [0.15, 0.2) is 0 Å². The Bertz CT molecular complexity index is 444. The van der Waals surface area contributed by atoms with Gasteiger partial charge in [0, 0.05) is 25.0 Å². The summed E-state index contributed by atoms with van der Waals surface area (Å²) in [6.07, 6.45) is 2.78. The van der Waals surface area contributed by atoms with E-state index in [1.807, 2.05) is 24.0 Å². The molecule has 19 heavy (non-hydrogen) atoms. The largest absolute Gasteiger partial charge is 0.338 e. The van der Waals surface area contributed by atoms with E-state index in [-0.39, 0.29) is 17.9 Å². The van der Waals surface area contributed by atoms with Crippen LogP contribution in [0.1, 0.15) is 37.3 Å². The van der Waals surface area contributed by atoms with Gasteiger partial charge in [-0.1, -0.05) is 24.3 Å². The lowest BCUT2D eigenvalue weighted by Gasteiger charge is -2.25. The van der Waals surface area contributed by atoms with Gasteiger partial charge in [-0.3, -0.25) is 4.79 Å². The Morgan fingerprint density at radius 2 is 2.11 bits per heavy atom. The molecule has 0 aromatic heterocycles.